The van der Waals surface area contributed by atoms with Gasteiger partial charge in [0.05, 0.1) is 25.7 Å². The summed E-state index contributed by atoms with van der Waals surface area (Å²) in [6, 6.07) is 22.4. The van der Waals surface area contributed by atoms with E-state index in [9.17, 15) is 4.79 Å². The molecular weight excluding hydrogens is 498 g/mol. The lowest BCUT2D eigenvalue weighted by atomic mass is 10.1. The van der Waals surface area contributed by atoms with Crippen LogP contribution in [0.1, 0.15) is 12.5 Å². The van der Waals surface area contributed by atoms with Crippen LogP contribution in [0.5, 0.6) is 11.5 Å². The first-order valence-electron chi connectivity index (χ1n) is 10.9. The molecule has 0 spiro atoms. The van der Waals surface area contributed by atoms with Gasteiger partial charge in [0.1, 0.15) is 11.5 Å². The Kier molecular flexibility index (Phi) is 8.24. The van der Waals surface area contributed by atoms with Crippen molar-refractivity contribution in [2.24, 2.45) is 5.10 Å². The number of nitrogens with zero attached hydrogens (tertiary/aromatic N) is 4. The SMILES string of the molecule is COc1ccc(-c2nnc(SCC(=O)N/N=C(/C)c3ccc(Cl)cc3)n2-c2ccc(OC)cc2)cc1. The summed E-state index contributed by atoms with van der Waals surface area (Å²) in [5, 5.41) is 14.2. The van der Waals surface area contributed by atoms with Gasteiger partial charge in [-0.15, -0.1) is 10.2 Å². The van der Waals surface area contributed by atoms with Crippen LogP contribution in [0.25, 0.3) is 17.1 Å². The van der Waals surface area contributed by atoms with Crippen molar-refractivity contribution in [1.29, 1.82) is 0 Å². The topological polar surface area (TPSA) is 90.6 Å². The zero-order valence-corrected chi connectivity index (χ0v) is 21.5. The number of methoxy groups -OCH3 is 2. The first-order valence-corrected chi connectivity index (χ1v) is 12.3. The highest BCUT2D eigenvalue weighted by atomic mass is 35.5. The number of ether oxygens (including phenoxy) is 2. The number of hydrogen-bond donors (Lipinski definition) is 1. The summed E-state index contributed by atoms with van der Waals surface area (Å²) >= 11 is 7.20. The van der Waals surface area contributed by atoms with E-state index in [1.165, 1.54) is 11.8 Å². The Labute approximate surface area is 218 Å². The second-order valence-corrected chi connectivity index (χ2v) is 8.97. The van der Waals surface area contributed by atoms with Gasteiger partial charge < -0.3 is 9.47 Å². The second-order valence-electron chi connectivity index (χ2n) is 7.60. The predicted octanol–water partition coefficient (Wildman–Crippen LogP) is 5.24. The highest BCUT2D eigenvalue weighted by molar-refractivity contribution is 7.99. The Bertz CT molecular complexity index is 1350. The summed E-state index contributed by atoms with van der Waals surface area (Å²) in [5.74, 6) is 1.97. The van der Waals surface area contributed by atoms with Gasteiger partial charge in [0.15, 0.2) is 11.0 Å². The van der Waals surface area contributed by atoms with Gasteiger partial charge in [0, 0.05) is 16.3 Å². The van der Waals surface area contributed by atoms with Crippen molar-refractivity contribution in [3.05, 3.63) is 83.4 Å². The van der Waals surface area contributed by atoms with Gasteiger partial charge in [-0.3, -0.25) is 9.36 Å². The third kappa shape index (κ3) is 6.05. The number of rotatable bonds is 9. The molecule has 0 aliphatic rings. The maximum atomic E-state index is 12.5. The number of halogens is 1. The maximum Gasteiger partial charge on any atom is 0.250 e. The van der Waals surface area contributed by atoms with Gasteiger partial charge >= 0.3 is 0 Å². The number of carbonyl (C=O) groups is 1. The van der Waals surface area contributed by atoms with E-state index < -0.39 is 0 Å². The number of hydrogen-bond acceptors (Lipinski definition) is 7. The van der Waals surface area contributed by atoms with Crippen molar-refractivity contribution in [1.82, 2.24) is 20.2 Å². The molecule has 1 amide bonds. The fraction of sp³-hybridized carbons (Fsp3) is 0.154. The first kappa shape index (κ1) is 25.3. The summed E-state index contributed by atoms with van der Waals surface area (Å²) in [6.45, 7) is 1.82. The molecule has 0 unspecified atom stereocenters. The van der Waals surface area contributed by atoms with E-state index in [-0.39, 0.29) is 11.7 Å². The van der Waals surface area contributed by atoms with Crippen LogP contribution in [-0.4, -0.2) is 46.4 Å². The van der Waals surface area contributed by atoms with E-state index in [0.717, 1.165) is 28.3 Å². The molecule has 184 valence electrons. The lowest BCUT2D eigenvalue weighted by Gasteiger charge is -2.11. The van der Waals surface area contributed by atoms with Gasteiger partial charge in [-0.1, -0.05) is 35.5 Å². The number of thioether (sulfide) groups is 1. The summed E-state index contributed by atoms with van der Waals surface area (Å²) in [5.41, 5.74) is 5.84. The van der Waals surface area contributed by atoms with Crippen molar-refractivity contribution in [3.8, 4) is 28.6 Å². The number of benzene rings is 3. The third-order valence-electron chi connectivity index (χ3n) is 5.25. The molecule has 10 heteroatoms. The molecular formula is C26H24ClN5O3S. The van der Waals surface area contributed by atoms with Crippen LogP contribution in [0.2, 0.25) is 5.02 Å². The molecule has 0 saturated carbocycles. The highest BCUT2D eigenvalue weighted by Gasteiger charge is 2.17. The largest absolute Gasteiger partial charge is 0.497 e. The van der Waals surface area contributed by atoms with E-state index in [1.54, 1.807) is 26.4 Å². The quantitative estimate of drug-likeness (QED) is 0.184. The van der Waals surface area contributed by atoms with Crippen molar-refractivity contribution >= 4 is 35.0 Å². The van der Waals surface area contributed by atoms with Crippen molar-refractivity contribution < 1.29 is 14.3 Å². The molecule has 0 aliphatic carbocycles. The monoisotopic (exact) mass is 521 g/mol. The number of hydrazone groups is 1. The summed E-state index contributed by atoms with van der Waals surface area (Å²) in [6.07, 6.45) is 0. The van der Waals surface area contributed by atoms with Crippen LogP contribution in [0.3, 0.4) is 0 Å². The molecule has 4 rings (SSSR count). The average Bonchev–Trinajstić information content (AvgIpc) is 3.35. The predicted molar refractivity (Wildman–Crippen MR) is 142 cm³/mol. The Morgan fingerprint density at radius 1 is 0.944 bits per heavy atom. The van der Waals surface area contributed by atoms with Gasteiger partial charge in [-0.25, -0.2) is 5.43 Å². The van der Waals surface area contributed by atoms with Crippen molar-refractivity contribution in [3.63, 3.8) is 0 Å². The van der Waals surface area contributed by atoms with Crippen molar-refractivity contribution in [2.45, 2.75) is 12.1 Å². The van der Waals surface area contributed by atoms with E-state index in [4.69, 9.17) is 21.1 Å². The van der Waals surface area contributed by atoms with Crippen molar-refractivity contribution in [2.75, 3.05) is 20.0 Å². The van der Waals surface area contributed by atoms with Gasteiger partial charge in [-0.2, -0.15) is 5.10 Å². The molecule has 0 atom stereocenters. The van der Waals surface area contributed by atoms with E-state index >= 15 is 0 Å². The smallest absolute Gasteiger partial charge is 0.250 e. The van der Waals surface area contributed by atoms with Crippen LogP contribution < -0.4 is 14.9 Å². The fourth-order valence-corrected chi connectivity index (χ4v) is 4.19. The van der Waals surface area contributed by atoms with E-state index in [1.807, 2.05) is 72.2 Å². The number of aromatic nitrogens is 3. The van der Waals surface area contributed by atoms with Gasteiger partial charge in [0.25, 0.3) is 5.91 Å². The second kappa shape index (κ2) is 11.7. The number of amides is 1. The molecule has 0 aliphatic heterocycles. The zero-order chi connectivity index (χ0) is 25.5. The first-order chi connectivity index (χ1) is 17.5. The van der Waals surface area contributed by atoms with Crippen LogP contribution in [0.4, 0.5) is 0 Å². The molecule has 4 aromatic rings. The molecule has 0 bridgehead atoms. The number of nitrogens with one attached hydrogen (secondary N) is 1. The Hall–Kier alpha value is -3.82. The zero-order valence-electron chi connectivity index (χ0n) is 19.9. The lowest BCUT2D eigenvalue weighted by Crippen LogP contribution is -2.21. The standard InChI is InChI=1S/C26H24ClN5O3S/c1-17(18-4-8-20(27)9-5-18)28-29-24(33)16-36-26-31-30-25(19-6-12-22(34-2)13-7-19)32(26)21-10-14-23(35-3)15-11-21/h4-15H,16H2,1-3H3,(H,29,33)/b28-17-. The molecule has 0 saturated heterocycles. The molecule has 36 heavy (non-hydrogen) atoms. The molecule has 1 aromatic heterocycles. The fourth-order valence-electron chi connectivity index (χ4n) is 3.32. The molecule has 1 N–H and O–H groups in total. The lowest BCUT2D eigenvalue weighted by molar-refractivity contribution is -0.118. The average molecular weight is 522 g/mol. The highest BCUT2D eigenvalue weighted by Crippen LogP contribution is 2.29. The van der Waals surface area contributed by atoms with Gasteiger partial charge in [-0.05, 0) is 73.2 Å². The summed E-state index contributed by atoms with van der Waals surface area (Å²) in [7, 11) is 3.24. The van der Waals surface area contributed by atoms with Crippen LogP contribution in [-0.2, 0) is 4.79 Å². The molecule has 3 aromatic carbocycles. The third-order valence-corrected chi connectivity index (χ3v) is 6.44. The minimum atomic E-state index is -0.261. The van der Waals surface area contributed by atoms with E-state index in [2.05, 4.69) is 20.7 Å². The molecule has 1 heterocycles. The summed E-state index contributed by atoms with van der Waals surface area (Å²) in [4.78, 5) is 12.5. The minimum Gasteiger partial charge on any atom is -0.497 e. The Balaban J connectivity index is 1.54. The number of carbonyl (C=O) groups excluding carboxylic acids is 1. The van der Waals surface area contributed by atoms with Crippen LogP contribution >= 0.6 is 23.4 Å². The normalized spacial score (nSPS) is 11.3. The summed E-state index contributed by atoms with van der Waals surface area (Å²) < 4.78 is 12.5. The maximum absolute atomic E-state index is 12.5. The molecule has 8 nitrogen and oxygen atoms in total. The van der Waals surface area contributed by atoms with Crippen LogP contribution in [0.15, 0.2) is 83.1 Å². The Morgan fingerprint density at radius 2 is 1.56 bits per heavy atom. The van der Waals surface area contributed by atoms with E-state index in [0.29, 0.717) is 21.7 Å². The minimum absolute atomic E-state index is 0.105. The molecule has 0 fully saturated rings. The molecule has 0 radical (unpaired) electrons. The Morgan fingerprint density at radius 3 is 2.17 bits per heavy atom. The van der Waals surface area contributed by atoms with Gasteiger partial charge in [0.2, 0.25) is 0 Å². The van der Waals surface area contributed by atoms with Crippen LogP contribution in [0, 0.1) is 0 Å².